The maximum absolute atomic E-state index is 12.8. The lowest BCUT2D eigenvalue weighted by Gasteiger charge is -2.23. The zero-order valence-corrected chi connectivity index (χ0v) is 14.7. The van der Waals surface area contributed by atoms with Crippen LogP contribution in [0.2, 0.25) is 0 Å². The highest BCUT2D eigenvalue weighted by atomic mass is 16.6. The molecule has 0 aromatic heterocycles. The van der Waals surface area contributed by atoms with Gasteiger partial charge < -0.3 is 15.2 Å². The SMILES string of the molecule is CC(C)(C)OC(=O)N[C@@H](Cc1ccccc1)C(=O)c1ccc(O)cc1. The van der Waals surface area contributed by atoms with Crippen LogP contribution in [0.1, 0.15) is 36.7 Å². The van der Waals surface area contributed by atoms with Gasteiger partial charge in [-0.05, 0) is 50.6 Å². The molecule has 0 aliphatic rings. The highest BCUT2D eigenvalue weighted by Gasteiger charge is 2.25. The Labute approximate surface area is 147 Å². The second-order valence-electron chi connectivity index (χ2n) is 6.80. The first kappa shape index (κ1) is 18.5. The number of hydrogen-bond acceptors (Lipinski definition) is 4. The normalized spacial score (nSPS) is 12.3. The number of phenolic OH excluding ortho intramolecular Hbond substituents is 1. The number of phenols is 1. The van der Waals surface area contributed by atoms with Crippen LogP contribution in [0.15, 0.2) is 54.6 Å². The molecular formula is C20H23NO4. The van der Waals surface area contributed by atoms with Crippen LogP contribution < -0.4 is 5.32 Å². The Morgan fingerprint density at radius 2 is 1.64 bits per heavy atom. The number of Topliss-reactive ketones (excluding diaryl/α,β-unsaturated/α-hetero) is 1. The third kappa shape index (κ3) is 5.95. The fourth-order valence-corrected chi connectivity index (χ4v) is 2.34. The number of carbonyl (C=O) groups is 2. The minimum absolute atomic E-state index is 0.0799. The van der Waals surface area contributed by atoms with Crippen molar-refractivity contribution in [3.63, 3.8) is 0 Å². The number of nitrogens with one attached hydrogen (secondary N) is 1. The summed E-state index contributed by atoms with van der Waals surface area (Å²) >= 11 is 0. The number of hydrogen-bond donors (Lipinski definition) is 2. The van der Waals surface area contributed by atoms with E-state index in [0.717, 1.165) is 5.56 Å². The number of amides is 1. The van der Waals surface area contributed by atoms with Crippen LogP contribution in [0.5, 0.6) is 5.75 Å². The third-order valence-corrected chi connectivity index (χ3v) is 3.44. The number of ether oxygens (including phenoxy) is 1. The number of benzene rings is 2. The summed E-state index contributed by atoms with van der Waals surface area (Å²) in [5.41, 5.74) is 0.689. The van der Waals surface area contributed by atoms with Crippen LogP contribution in [0, 0.1) is 0 Å². The van der Waals surface area contributed by atoms with Crippen LogP contribution in [0.3, 0.4) is 0 Å². The first-order chi connectivity index (χ1) is 11.7. The molecule has 0 saturated heterocycles. The van der Waals surface area contributed by atoms with Gasteiger partial charge in [-0.3, -0.25) is 4.79 Å². The molecule has 5 nitrogen and oxygen atoms in total. The molecule has 5 heteroatoms. The predicted molar refractivity (Wildman–Crippen MR) is 95.7 cm³/mol. The molecule has 0 aliphatic heterocycles. The Kier molecular flexibility index (Phi) is 5.80. The van der Waals surface area contributed by atoms with E-state index < -0.39 is 17.7 Å². The quantitative estimate of drug-likeness (QED) is 0.813. The fraction of sp³-hybridized carbons (Fsp3) is 0.300. The largest absolute Gasteiger partial charge is 0.508 e. The predicted octanol–water partition coefficient (Wildman–Crippen LogP) is 3.71. The lowest BCUT2D eigenvalue weighted by molar-refractivity contribution is 0.0491. The molecule has 2 aromatic rings. The van der Waals surface area contributed by atoms with E-state index in [9.17, 15) is 14.7 Å². The van der Waals surface area contributed by atoms with Gasteiger partial charge in [0.25, 0.3) is 0 Å². The third-order valence-electron chi connectivity index (χ3n) is 3.44. The van der Waals surface area contributed by atoms with Gasteiger partial charge in [-0.15, -0.1) is 0 Å². The van der Waals surface area contributed by atoms with Gasteiger partial charge in [0, 0.05) is 12.0 Å². The molecule has 0 heterocycles. The van der Waals surface area contributed by atoms with Crippen LogP contribution >= 0.6 is 0 Å². The van der Waals surface area contributed by atoms with Crippen LogP contribution in [-0.2, 0) is 11.2 Å². The number of alkyl carbamates (subject to hydrolysis) is 1. The summed E-state index contributed by atoms with van der Waals surface area (Å²) in [6.45, 7) is 5.29. The number of ketones is 1. The number of rotatable bonds is 5. The van der Waals surface area contributed by atoms with Crippen molar-refractivity contribution in [3.8, 4) is 5.75 Å². The molecule has 2 N–H and O–H groups in total. The maximum atomic E-state index is 12.8. The molecule has 2 rings (SSSR count). The van der Waals surface area contributed by atoms with Crippen LogP contribution in [-0.4, -0.2) is 28.6 Å². The van der Waals surface area contributed by atoms with Crippen molar-refractivity contribution in [2.45, 2.75) is 38.8 Å². The highest BCUT2D eigenvalue weighted by Crippen LogP contribution is 2.15. The summed E-state index contributed by atoms with van der Waals surface area (Å²) in [5.74, 6) is -0.161. The molecule has 0 unspecified atom stereocenters. The lowest BCUT2D eigenvalue weighted by Crippen LogP contribution is -2.44. The van der Waals surface area contributed by atoms with Gasteiger partial charge in [0.15, 0.2) is 5.78 Å². The van der Waals surface area contributed by atoms with Crippen LogP contribution in [0.4, 0.5) is 4.79 Å². The number of aromatic hydroxyl groups is 1. The van der Waals surface area contributed by atoms with Gasteiger partial charge in [0.05, 0.1) is 6.04 Å². The number of carbonyl (C=O) groups excluding carboxylic acids is 2. The van der Waals surface area contributed by atoms with Crippen molar-refractivity contribution >= 4 is 11.9 Å². The van der Waals surface area contributed by atoms with E-state index in [0.29, 0.717) is 12.0 Å². The maximum Gasteiger partial charge on any atom is 0.408 e. The van der Waals surface area contributed by atoms with E-state index in [1.807, 2.05) is 30.3 Å². The van der Waals surface area contributed by atoms with Crippen molar-refractivity contribution in [1.29, 1.82) is 0 Å². The second-order valence-corrected chi connectivity index (χ2v) is 6.80. The first-order valence-electron chi connectivity index (χ1n) is 8.11. The molecule has 0 spiro atoms. The Morgan fingerprint density at radius 3 is 2.20 bits per heavy atom. The molecule has 0 aliphatic carbocycles. The van der Waals surface area contributed by atoms with Gasteiger partial charge in [-0.2, -0.15) is 0 Å². The van der Waals surface area contributed by atoms with Crippen molar-refractivity contribution in [1.82, 2.24) is 5.32 Å². The topological polar surface area (TPSA) is 75.6 Å². The second kappa shape index (κ2) is 7.83. The van der Waals surface area contributed by atoms with E-state index >= 15 is 0 Å². The van der Waals surface area contributed by atoms with E-state index in [4.69, 9.17) is 4.74 Å². The van der Waals surface area contributed by atoms with E-state index in [2.05, 4.69) is 5.32 Å². The van der Waals surface area contributed by atoms with Crippen molar-refractivity contribution in [2.24, 2.45) is 0 Å². The summed E-state index contributed by atoms with van der Waals surface area (Å²) in [6, 6.07) is 14.6. The molecular weight excluding hydrogens is 318 g/mol. The zero-order chi connectivity index (χ0) is 18.4. The summed E-state index contributed by atoms with van der Waals surface area (Å²) in [4.78, 5) is 24.9. The Bertz CT molecular complexity index is 718. The van der Waals surface area contributed by atoms with Gasteiger partial charge in [0.2, 0.25) is 0 Å². The zero-order valence-electron chi connectivity index (χ0n) is 14.7. The van der Waals surface area contributed by atoms with E-state index in [1.54, 1.807) is 20.8 Å². The molecule has 0 saturated carbocycles. The minimum Gasteiger partial charge on any atom is -0.508 e. The summed E-state index contributed by atoms with van der Waals surface area (Å²) in [7, 11) is 0. The Morgan fingerprint density at radius 1 is 1.04 bits per heavy atom. The summed E-state index contributed by atoms with van der Waals surface area (Å²) in [6.07, 6.45) is -0.291. The highest BCUT2D eigenvalue weighted by molar-refractivity contribution is 6.01. The Hall–Kier alpha value is -2.82. The van der Waals surface area contributed by atoms with Gasteiger partial charge >= 0.3 is 6.09 Å². The summed E-state index contributed by atoms with van der Waals surface area (Å²) < 4.78 is 5.27. The molecule has 132 valence electrons. The standard InChI is InChI=1S/C20H23NO4/c1-20(2,3)25-19(24)21-17(13-14-7-5-4-6-8-14)18(23)15-9-11-16(22)12-10-15/h4-12,17,22H,13H2,1-3H3,(H,21,24)/t17-/m0/s1. The van der Waals surface area contributed by atoms with Crippen LogP contribution in [0.25, 0.3) is 0 Å². The van der Waals surface area contributed by atoms with Gasteiger partial charge in [0.1, 0.15) is 11.4 Å². The lowest BCUT2D eigenvalue weighted by atomic mass is 9.97. The van der Waals surface area contributed by atoms with Crippen molar-refractivity contribution in [3.05, 3.63) is 65.7 Å². The molecule has 0 radical (unpaired) electrons. The molecule has 1 amide bonds. The molecule has 0 bridgehead atoms. The van der Waals surface area contributed by atoms with E-state index in [1.165, 1.54) is 24.3 Å². The van der Waals surface area contributed by atoms with Gasteiger partial charge in [-0.1, -0.05) is 30.3 Å². The smallest absolute Gasteiger partial charge is 0.408 e. The fourth-order valence-electron chi connectivity index (χ4n) is 2.34. The molecule has 2 aromatic carbocycles. The first-order valence-corrected chi connectivity index (χ1v) is 8.11. The van der Waals surface area contributed by atoms with E-state index in [-0.39, 0.29) is 11.5 Å². The Balaban J connectivity index is 2.20. The van der Waals surface area contributed by atoms with Gasteiger partial charge in [-0.25, -0.2) is 4.79 Å². The van der Waals surface area contributed by atoms with Crippen molar-refractivity contribution < 1.29 is 19.4 Å². The average molecular weight is 341 g/mol. The molecule has 1 atom stereocenters. The van der Waals surface area contributed by atoms with Crippen molar-refractivity contribution in [2.75, 3.05) is 0 Å². The molecule has 25 heavy (non-hydrogen) atoms. The minimum atomic E-state index is -0.762. The summed E-state index contributed by atoms with van der Waals surface area (Å²) in [5, 5.41) is 12.0. The molecule has 0 fully saturated rings. The average Bonchev–Trinajstić information content (AvgIpc) is 2.53. The monoisotopic (exact) mass is 341 g/mol.